The number of rotatable bonds is 5. The molecule has 0 aromatic carbocycles. The second kappa shape index (κ2) is 6.53. The summed E-state index contributed by atoms with van der Waals surface area (Å²) in [5.41, 5.74) is 0. The fourth-order valence-corrected chi connectivity index (χ4v) is 3.73. The van der Waals surface area contributed by atoms with Crippen LogP contribution in [-0.2, 0) is 0 Å². The molecule has 1 aliphatic rings. The van der Waals surface area contributed by atoms with E-state index in [0.29, 0.717) is 12.1 Å². The van der Waals surface area contributed by atoms with E-state index in [1.54, 1.807) is 0 Å². The monoisotopic (exact) mass is 267 g/mol. The van der Waals surface area contributed by atoms with E-state index in [2.05, 4.69) is 42.2 Å². The average molecular weight is 267 g/mol. The molecule has 0 bridgehead atoms. The summed E-state index contributed by atoms with van der Waals surface area (Å²) in [5.74, 6) is 0. The van der Waals surface area contributed by atoms with E-state index >= 15 is 0 Å². The molecule has 0 saturated carbocycles. The van der Waals surface area contributed by atoms with E-state index in [9.17, 15) is 0 Å². The smallest absolute Gasteiger partial charge is 0.185 e. The summed E-state index contributed by atoms with van der Waals surface area (Å²) in [7, 11) is 0. The predicted octanol–water partition coefficient (Wildman–Crippen LogP) is 3.58. The molecule has 2 rings (SSSR count). The van der Waals surface area contributed by atoms with Crippen molar-refractivity contribution in [2.45, 2.75) is 58.5 Å². The first kappa shape index (κ1) is 13.8. The van der Waals surface area contributed by atoms with Crippen LogP contribution < -0.4 is 10.2 Å². The Balaban J connectivity index is 2.08. The number of anilines is 1. The summed E-state index contributed by atoms with van der Waals surface area (Å²) in [6.07, 6.45) is 7.30. The van der Waals surface area contributed by atoms with Crippen LogP contribution in [0.15, 0.2) is 6.20 Å². The maximum Gasteiger partial charge on any atom is 0.185 e. The third-order valence-electron chi connectivity index (χ3n) is 3.79. The zero-order valence-electron chi connectivity index (χ0n) is 11.8. The van der Waals surface area contributed by atoms with Gasteiger partial charge in [-0.05, 0) is 39.2 Å². The quantitative estimate of drug-likeness (QED) is 0.884. The van der Waals surface area contributed by atoms with Gasteiger partial charge in [0.15, 0.2) is 5.13 Å². The summed E-state index contributed by atoms with van der Waals surface area (Å²) >= 11 is 1.86. The topological polar surface area (TPSA) is 28.2 Å². The molecule has 0 spiro atoms. The lowest BCUT2D eigenvalue weighted by atomic mass is 10.0. The van der Waals surface area contributed by atoms with E-state index in [0.717, 1.165) is 6.54 Å². The van der Waals surface area contributed by atoms with Crippen molar-refractivity contribution in [2.24, 2.45) is 0 Å². The Bertz CT molecular complexity index is 364. The van der Waals surface area contributed by atoms with Crippen molar-refractivity contribution >= 4 is 16.5 Å². The summed E-state index contributed by atoms with van der Waals surface area (Å²) in [6, 6.07) is 1.12. The van der Waals surface area contributed by atoms with Crippen LogP contribution in [0.5, 0.6) is 0 Å². The van der Waals surface area contributed by atoms with Crippen molar-refractivity contribution in [3.63, 3.8) is 0 Å². The maximum atomic E-state index is 4.65. The molecule has 1 saturated heterocycles. The molecule has 0 radical (unpaired) electrons. The Morgan fingerprint density at radius 2 is 2.33 bits per heavy atom. The van der Waals surface area contributed by atoms with Gasteiger partial charge in [0.05, 0.1) is 0 Å². The van der Waals surface area contributed by atoms with E-state index in [4.69, 9.17) is 0 Å². The standard InChI is InChI=1S/C14H25N3S/c1-4-12-8-6-7-9-17(12)14-16-10-13(18-14)11(3)15-5-2/h10-12,15H,4-9H2,1-3H3. The molecule has 1 fully saturated rings. The number of piperidine rings is 1. The summed E-state index contributed by atoms with van der Waals surface area (Å²) in [5, 5.41) is 4.68. The minimum atomic E-state index is 0.422. The van der Waals surface area contributed by atoms with E-state index < -0.39 is 0 Å². The lowest BCUT2D eigenvalue weighted by Crippen LogP contribution is -2.38. The highest BCUT2D eigenvalue weighted by atomic mass is 32.1. The van der Waals surface area contributed by atoms with Crippen molar-refractivity contribution in [1.82, 2.24) is 10.3 Å². The van der Waals surface area contributed by atoms with Crippen LogP contribution in [0.3, 0.4) is 0 Å². The van der Waals surface area contributed by atoms with Gasteiger partial charge in [-0.1, -0.05) is 13.8 Å². The van der Waals surface area contributed by atoms with Crippen molar-refractivity contribution in [3.05, 3.63) is 11.1 Å². The molecule has 2 atom stereocenters. The van der Waals surface area contributed by atoms with Crippen molar-refractivity contribution in [1.29, 1.82) is 0 Å². The maximum absolute atomic E-state index is 4.65. The average Bonchev–Trinajstić information content (AvgIpc) is 2.88. The third kappa shape index (κ3) is 3.04. The molecule has 0 amide bonds. The largest absolute Gasteiger partial charge is 0.345 e. The Morgan fingerprint density at radius 3 is 3.06 bits per heavy atom. The first-order chi connectivity index (χ1) is 8.76. The van der Waals surface area contributed by atoms with Crippen LogP contribution >= 0.6 is 11.3 Å². The molecular weight excluding hydrogens is 242 g/mol. The zero-order valence-corrected chi connectivity index (χ0v) is 12.6. The van der Waals surface area contributed by atoms with Gasteiger partial charge in [0.1, 0.15) is 0 Å². The van der Waals surface area contributed by atoms with Gasteiger partial charge in [-0.25, -0.2) is 4.98 Å². The van der Waals surface area contributed by atoms with Gasteiger partial charge in [0, 0.05) is 29.7 Å². The van der Waals surface area contributed by atoms with Crippen LogP contribution in [0, 0.1) is 0 Å². The number of nitrogens with one attached hydrogen (secondary N) is 1. The fourth-order valence-electron chi connectivity index (χ4n) is 2.69. The summed E-state index contributed by atoms with van der Waals surface area (Å²) in [4.78, 5) is 8.52. The first-order valence-corrected chi connectivity index (χ1v) is 8.03. The molecule has 102 valence electrons. The lowest BCUT2D eigenvalue weighted by molar-refractivity contribution is 0.449. The van der Waals surface area contributed by atoms with E-state index in [1.807, 2.05) is 11.3 Å². The molecule has 2 unspecified atom stereocenters. The van der Waals surface area contributed by atoms with E-state index in [-0.39, 0.29) is 0 Å². The Hall–Kier alpha value is -0.610. The van der Waals surface area contributed by atoms with Crippen molar-refractivity contribution in [2.75, 3.05) is 18.0 Å². The minimum absolute atomic E-state index is 0.422. The lowest BCUT2D eigenvalue weighted by Gasteiger charge is -2.35. The molecular formula is C14H25N3S. The molecule has 3 nitrogen and oxygen atoms in total. The Labute approximate surface area is 115 Å². The fraction of sp³-hybridized carbons (Fsp3) is 0.786. The van der Waals surface area contributed by atoms with Crippen molar-refractivity contribution in [3.8, 4) is 0 Å². The van der Waals surface area contributed by atoms with Crippen molar-refractivity contribution < 1.29 is 0 Å². The molecule has 1 aliphatic heterocycles. The normalized spacial score (nSPS) is 22.2. The van der Waals surface area contributed by atoms with Crippen LogP contribution in [0.25, 0.3) is 0 Å². The zero-order chi connectivity index (χ0) is 13.0. The van der Waals surface area contributed by atoms with Gasteiger partial charge in [-0.15, -0.1) is 11.3 Å². The molecule has 4 heteroatoms. The molecule has 1 aromatic rings. The summed E-state index contributed by atoms with van der Waals surface area (Å²) in [6.45, 7) is 8.85. The van der Waals surface area contributed by atoms with Gasteiger partial charge in [-0.3, -0.25) is 0 Å². The SMILES string of the molecule is CCNC(C)c1cnc(N2CCCCC2CC)s1. The van der Waals surface area contributed by atoms with Gasteiger partial charge in [-0.2, -0.15) is 0 Å². The molecule has 1 N–H and O–H groups in total. The third-order valence-corrected chi connectivity index (χ3v) is 5.01. The second-order valence-electron chi connectivity index (χ2n) is 5.08. The summed E-state index contributed by atoms with van der Waals surface area (Å²) < 4.78 is 0. The van der Waals surface area contributed by atoms with Gasteiger partial charge in [0.2, 0.25) is 0 Å². The predicted molar refractivity (Wildman–Crippen MR) is 79.5 cm³/mol. The van der Waals surface area contributed by atoms with Crippen LogP contribution in [0.2, 0.25) is 0 Å². The van der Waals surface area contributed by atoms with Crippen LogP contribution in [-0.4, -0.2) is 24.1 Å². The Morgan fingerprint density at radius 1 is 1.50 bits per heavy atom. The number of thiazole rings is 1. The van der Waals surface area contributed by atoms with Gasteiger partial charge < -0.3 is 10.2 Å². The molecule has 2 heterocycles. The number of hydrogen-bond donors (Lipinski definition) is 1. The Kier molecular flexibility index (Phi) is 5.01. The first-order valence-electron chi connectivity index (χ1n) is 7.22. The van der Waals surface area contributed by atoms with Gasteiger partial charge in [0.25, 0.3) is 0 Å². The number of hydrogen-bond acceptors (Lipinski definition) is 4. The number of aromatic nitrogens is 1. The van der Waals surface area contributed by atoms with Gasteiger partial charge >= 0.3 is 0 Å². The number of nitrogens with zero attached hydrogens (tertiary/aromatic N) is 2. The molecule has 18 heavy (non-hydrogen) atoms. The van der Waals surface area contributed by atoms with E-state index in [1.165, 1.54) is 42.2 Å². The highest BCUT2D eigenvalue weighted by Gasteiger charge is 2.23. The van der Waals surface area contributed by atoms with Crippen LogP contribution in [0.4, 0.5) is 5.13 Å². The highest BCUT2D eigenvalue weighted by Crippen LogP contribution is 2.32. The second-order valence-corrected chi connectivity index (χ2v) is 6.12. The minimum Gasteiger partial charge on any atom is -0.345 e. The highest BCUT2D eigenvalue weighted by molar-refractivity contribution is 7.15. The van der Waals surface area contributed by atoms with Crippen LogP contribution in [0.1, 0.15) is 57.4 Å². The molecule has 1 aromatic heterocycles. The molecule has 0 aliphatic carbocycles.